The van der Waals surface area contributed by atoms with E-state index in [2.05, 4.69) is 0 Å². The highest BCUT2D eigenvalue weighted by Crippen LogP contribution is 2.15. The first-order valence-corrected chi connectivity index (χ1v) is 11.5. The lowest BCUT2D eigenvalue weighted by atomic mass is 10.1. The maximum atomic E-state index is 11.8. The zero-order valence-corrected chi connectivity index (χ0v) is 20.8. The summed E-state index contributed by atoms with van der Waals surface area (Å²) in [7, 11) is 0. The van der Waals surface area contributed by atoms with Gasteiger partial charge < -0.3 is 28.4 Å². The second-order valence-corrected chi connectivity index (χ2v) is 7.84. The van der Waals surface area contributed by atoms with Gasteiger partial charge in [-0.3, -0.25) is 14.4 Å². The molecule has 0 fully saturated rings. The first-order valence-electron chi connectivity index (χ1n) is 11.5. The fourth-order valence-electron chi connectivity index (χ4n) is 2.16. The van der Waals surface area contributed by atoms with Crippen LogP contribution < -0.4 is 0 Å². The Labute approximate surface area is 192 Å². The van der Waals surface area contributed by atoms with Crippen molar-refractivity contribution in [3.05, 3.63) is 0 Å². The van der Waals surface area contributed by atoms with Gasteiger partial charge in [0.25, 0.3) is 5.97 Å². The van der Waals surface area contributed by atoms with E-state index in [1.807, 2.05) is 20.8 Å². The lowest BCUT2D eigenvalue weighted by molar-refractivity contribution is -0.373. The number of rotatable bonds is 18. The molecule has 3 atom stereocenters. The first kappa shape index (κ1) is 30.3. The Bertz CT molecular complexity index is 476. The van der Waals surface area contributed by atoms with Crippen molar-refractivity contribution in [3.63, 3.8) is 0 Å². The van der Waals surface area contributed by atoms with E-state index in [1.165, 1.54) is 0 Å². The molecule has 0 aliphatic carbocycles. The van der Waals surface area contributed by atoms with E-state index in [0.29, 0.717) is 19.3 Å². The predicted molar refractivity (Wildman–Crippen MR) is 118 cm³/mol. The van der Waals surface area contributed by atoms with Gasteiger partial charge in [0.1, 0.15) is 19.8 Å². The van der Waals surface area contributed by atoms with Crippen molar-refractivity contribution < 1.29 is 42.8 Å². The molecule has 9 heteroatoms. The number of carbonyl (C=O) groups is 3. The van der Waals surface area contributed by atoms with E-state index >= 15 is 0 Å². The fourth-order valence-corrected chi connectivity index (χ4v) is 2.16. The summed E-state index contributed by atoms with van der Waals surface area (Å²) in [6.07, 6.45) is 2.07. The lowest BCUT2D eigenvalue weighted by Gasteiger charge is -2.29. The van der Waals surface area contributed by atoms with Crippen LogP contribution in [0.5, 0.6) is 0 Å². The number of carbonyl (C=O) groups excluding carboxylic acids is 3. The molecule has 0 aliphatic heterocycles. The quantitative estimate of drug-likeness (QED) is 0.131. The summed E-state index contributed by atoms with van der Waals surface area (Å²) < 4.78 is 32.4. The summed E-state index contributed by atoms with van der Waals surface area (Å²) in [5.74, 6) is -2.94. The molecule has 0 rings (SSSR count). The van der Waals surface area contributed by atoms with E-state index in [4.69, 9.17) is 28.4 Å². The van der Waals surface area contributed by atoms with Crippen molar-refractivity contribution in [3.8, 4) is 0 Å². The highest BCUT2D eigenvalue weighted by molar-refractivity contribution is 5.72. The Morgan fingerprint density at radius 3 is 1.03 bits per heavy atom. The maximum Gasteiger partial charge on any atom is 0.308 e. The van der Waals surface area contributed by atoms with E-state index in [1.54, 1.807) is 27.7 Å². The summed E-state index contributed by atoms with van der Waals surface area (Å²) in [6.45, 7) is 12.9. The molecule has 0 amide bonds. The average molecular weight is 463 g/mol. The summed E-state index contributed by atoms with van der Waals surface area (Å²) in [5, 5.41) is 0. The van der Waals surface area contributed by atoms with Gasteiger partial charge in [0.15, 0.2) is 0 Å². The van der Waals surface area contributed by atoms with Crippen LogP contribution in [0.1, 0.15) is 67.7 Å². The minimum atomic E-state index is -1.49. The first-order chi connectivity index (χ1) is 15.1. The molecule has 0 aromatic rings. The minimum Gasteiger partial charge on any atom is -0.463 e. The zero-order valence-electron chi connectivity index (χ0n) is 20.8. The Morgan fingerprint density at radius 1 is 0.562 bits per heavy atom. The fraction of sp³-hybridized carbons (Fsp3) is 0.870. The van der Waals surface area contributed by atoms with Crippen molar-refractivity contribution in [1.82, 2.24) is 0 Å². The van der Waals surface area contributed by atoms with Crippen molar-refractivity contribution in [2.45, 2.75) is 73.7 Å². The molecule has 0 aliphatic rings. The molecule has 0 N–H and O–H groups in total. The molecule has 3 unspecified atom stereocenters. The Morgan fingerprint density at radius 2 is 0.812 bits per heavy atom. The van der Waals surface area contributed by atoms with Crippen molar-refractivity contribution >= 4 is 17.9 Å². The molecule has 0 aromatic heterocycles. The molecule has 0 heterocycles. The number of hydrogen-bond donors (Lipinski definition) is 0. The molecule has 0 saturated carbocycles. The molecule has 188 valence electrons. The molecule has 32 heavy (non-hydrogen) atoms. The van der Waals surface area contributed by atoms with Crippen LogP contribution in [0.4, 0.5) is 0 Å². The van der Waals surface area contributed by atoms with Crippen molar-refractivity contribution in [1.29, 1.82) is 0 Å². The molecule has 0 radical (unpaired) electrons. The molecular formula is C23H42O9. The molecular weight excluding hydrogens is 420 g/mol. The molecule has 9 nitrogen and oxygen atoms in total. The van der Waals surface area contributed by atoms with Gasteiger partial charge in [-0.25, -0.2) is 0 Å². The van der Waals surface area contributed by atoms with Crippen LogP contribution in [0.15, 0.2) is 0 Å². The molecule has 0 saturated heterocycles. The number of ether oxygens (including phenoxy) is 6. The average Bonchev–Trinajstić information content (AvgIpc) is 2.80. The van der Waals surface area contributed by atoms with Gasteiger partial charge >= 0.3 is 17.9 Å². The van der Waals surface area contributed by atoms with Gasteiger partial charge in [0, 0.05) is 6.92 Å². The van der Waals surface area contributed by atoms with Crippen LogP contribution in [0.2, 0.25) is 0 Å². The molecule has 0 bridgehead atoms. The standard InChI is InChI=1S/C23H42O9/c1-8-17(4)20(24)27-11-14-30-23(7,31-15-12-28-21(25)18(5)9-2)32-16-13-29-22(26)19(6)10-3/h17-19H,8-16H2,1-7H3. The van der Waals surface area contributed by atoms with E-state index in [9.17, 15) is 14.4 Å². The number of hydrogen-bond acceptors (Lipinski definition) is 9. The third-order valence-corrected chi connectivity index (χ3v) is 5.12. The second kappa shape index (κ2) is 16.9. The summed E-state index contributed by atoms with van der Waals surface area (Å²) >= 11 is 0. The van der Waals surface area contributed by atoms with E-state index < -0.39 is 5.97 Å². The number of esters is 3. The minimum absolute atomic E-state index is 0.0392. The lowest BCUT2D eigenvalue weighted by Crippen LogP contribution is -2.39. The van der Waals surface area contributed by atoms with Crippen molar-refractivity contribution in [2.75, 3.05) is 39.6 Å². The van der Waals surface area contributed by atoms with Crippen LogP contribution in [0.3, 0.4) is 0 Å². The van der Waals surface area contributed by atoms with Gasteiger partial charge in [-0.05, 0) is 19.3 Å². The monoisotopic (exact) mass is 462 g/mol. The largest absolute Gasteiger partial charge is 0.463 e. The highest BCUT2D eigenvalue weighted by Gasteiger charge is 2.28. The van der Waals surface area contributed by atoms with Crippen LogP contribution >= 0.6 is 0 Å². The Balaban J connectivity index is 4.59. The summed E-state index contributed by atoms with van der Waals surface area (Å²) in [6, 6.07) is 0. The Kier molecular flexibility index (Phi) is 16.0. The molecule has 0 aromatic carbocycles. The van der Waals surface area contributed by atoms with Gasteiger partial charge in [0.2, 0.25) is 0 Å². The molecule has 0 spiro atoms. The topological polar surface area (TPSA) is 107 Å². The van der Waals surface area contributed by atoms with Crippen LogP contribution in [-0.4, -0.2) is 63.5 Å². The van der Waals surface area contributed by atoms with Gasteiger partial charge in [-0.1, -0.05) is 41.5 Å². The third-order valence-electron chi connectivity index (χ3n) is 5.12. The highest BCUT2D eigenvalue weighted by atomic mass is 16.9. The zero-order chi connectivity index (χ0) is 24.6. The predicted octanol–water partition coefficient (Wildman–Crippen LogP) is 3.48. The van der Waals surface area contributed by atoms with E-state index in [0.717, 1.165) is 0 Å². The van der Waals surface area contributed by atoms with Crippen molar-refractivity contribution in [2.24, 2.45) is 17.8 Å². The van der Waals surface area contributed by atoms with Gasteiger partial charge in [-0.15, -0.1) is 0 Å². The van der Waals surface area contributed by atoms with Gasteiger partial charge in [0.05, 0.1) is 37.6 Å². The second-order valence-electron chi connectivity index (χ2n) is 7.84. The Hall–Kier alpha value is -1.71. The normalized spacial score (nSPS) is 15.8. The third kappa shape index (κ3) is 13.0. The SMILES string of the molecule is CCC(C)C(=O)OCCOC(C)(OCCOC(=O)C(C)CC)OCCOC(=O)C(C)CC. The smallest absolute Gasteiger partial charge is 0.308 e. The van der Waals surface area contributed by atoms with Crippen LogP contribution in [-0.2, 0) is 42.8 Å². The maximum absolute atomic E-state index is 11.8. The van der Waals surface area contributed by atoms with E-state index in [-0.39, 0.29) is 75.3 Å². The van der Waals surface area contributed by atoms with Crippen LogP contribution in [0, 0.1) is 17.8 Å². The van der Waals surface area contributed by atoms with Gasteiger partial charge in [-0.2, -0.15) is 0 Å². The summed E-state index contributed by atoms with van der Waals surface area (Å²) in [4.78, 5) is 35.3. The summed E-state index contributed by atoms with van der Waals surface area (Å²) in [5.41, 5.74) is 0. The van der Waals surface area contributed by atoms with Crippen LogP contribution in [0.25, 0.3) is 0 Å².